The second-order valence-corrected chi connectivity index (χ2v) is 6.94. The number of piperidine rings is 1. The zero-order chi connectivity index (χ0) is 12.5. The van der Waals surface area contributed by atoms with Gasteiger partial charge in [-0.15, -0.1) is 0 Å². The number of rotatable bonds is 5. The number of nitrogens with zero attached hydrogens (tertiary/aromatic N) is 1. The lowest BCUT2D eigenvalue weighted by atomic mass is 10.0. The molecule has 17 heavy (non-hydrogen) atoms. The van der Waals surface area contributed by atoms with Crippen LogP contribution in [0.5, 0.6) is 0 Å². The van der Waals surface area contributed by atoms with Gasteiger partial charge in [0.25, 0.3) is 0 Å². The van der Waals surface area contributed by atoms with E-state index in [-0.39, 0.29) is 6.04 Å². The fraction of sp³-hybridized carbons (Fsp3) is 0.923. The molecule has 2 aliphatic rings. The number of hydrogen-bond donors (Lipinski definition) is 1. The van der Waals surface area contributed by atoms with Gasteiger partial charge in [-0.2, -0.15) is 11.8 Å². The number of likely N-dealkylation sites (tertiary alicyclic amines) is 1. The molecule has 2 fully saturated rings. The first-order valence-electron chi connectivity index (χ1n) is 6.66. The minimum absolute atomic E-state index is 0.0569. The quantitative estimate of drug-likeness (QED) is 0.815. The van der Waals surface area contributed by atoms with Crippen LogP contribution in [-0.2, 0) is 4.79 Å². The zero-order valence-corrected chi connectivity index (χ0v) is 12.0. The van der Waals surface area contributed by atoms with Crippen molar-refractivity contribution in [2.24, 2.45) is 0 Å². The minimum atomic E-state index is 0.0569. The first kappa shape index (κ1) is 13.2. The van der Waals surface area contributed by atoms with E-state index in [9.17, 15) is 4.79 Å². The van der Waals surface area contributed by atoms with Crippen molar-refractivity contribution < 1.29 is 4.79 Å². The van der Waals surface area contributed by atoms with Crippen molar-refractivity contribution >= 4 is 17.7 Å². The highest BCUT2D eigenvalue weighted by atomic mass is 32.2. The Morgan fingerprint density at radius 3 is 2.76 bits per heavy atom. The summed E-state index contributed by atoms with van der Waals surface area (Å²) in [6.45, 7) is 6.13. The standard InChI is InChI=1S/C13H24N2OS/c1-10(2)14-11-5-4-8-15(12(11)16)9-13(17-3)6-7-13/h10-11,14H,4-9H2,1-3H3. The largest absolute Gasteiger partial charge is 0.340 e. The molecule has 2 rings (SSSR count). The van der Waals surface area contributed by atoms with Crippen molar-refractivity contribution in [3.8, 4) is 0 Å². The van der Waals surface area contributed by atoms with E-state index in [4.69, 9.17) is 0 Å². The Morgan fingerprint density at radius 2 is 2.24 bits per heavy atom. The molecule has 1 saturated heterocycles. The number of carbonyl (C=O) groups excluding carboxylic acids is 1. The molecule has 1 heterocycles. The summed E-state index contributed by atoms with van der Waals surface area (Å²) >= 11 is 1.93. The number of hydrogen-bond acceptors (Lipinski definition) is 3. The van der Waals surface area contributed by atoms with Crippen LogP contribution < -0.4 is 5.32 Å². The van der Waals surface area contributed by atoms with Crippen LogP contribution in [0.1, 0.15) is 39.5 Å². The summed E-state index contributed by atoms with van der Waals surface area (Å²) in [6.07, 6.45) is 6.87. The fourth-order valence-electron chi connectivity index (χ4n) is 2.57. The zero-order valence-electron chi connectivity index (χ0n) is 11.2. The van der Waals surface area contributed by atoms with Crippen LogP contribution >= 0.6 is 11.8 Å². The summed E-state index contributed by atoms with van der Waals surface area (Å²) in [5.41, 5.74) is 0. The van der Waals surface area contributed by atoms with Gasteiger partial charge in [0.2, 0.25) is 5.91 Å². The molecule has 0 radical (unpaired) electrons. The van der Waals surface area contributed by atoms with Crippen LogP contribution in [0.2, 0.25) is 0 Å². The molecule has 0 aromatic rings. The molecule has 0 aromatic carbocycles. The topological polar surface area (TPSA) is 32.3 Å². The summed E-state index contributed by atoms with van der Waals surface area (Å²) in [5.74, 6) is 0.324. The Bertz CT molecular complexity index is 289. The first-order chi connectivity index (χ1) is 8.06. The Balaban J connectivity index is 1.92. The minimum Gasteiger partial charge on any atom is -0.340 e. The number of amides is 1. The lowest BCUT2D eigenvalue weighted by molar-refractivity contribution is -0.136. The van der Waals surface area contributed by atoms with E-state index in [1.54, 1.807) is 0 Å². The second kappa shape index (κ2) is 5.19. The SMILES string of the molecule is CSC1(CN2CCCC(NC(C)C)C2=O)CC1. The van der Waals surface area contributed by atoms with Gasteiger partial charge in [-0.3, -0.25) is 4.79 Å². The first-order valence-corrected chi connectivity index (χ1v) is 7.89. The highest BCUT2D eigenvalue weighted by Crippen LogP contribution is 2.47. The van der Waals surface area contributed by atoms with E-state index in [1.807, 2.05) is 11.8 Å². The highest BCUT2D eigenvalue weighted by Gasteiger charge is 2.45. The van der Waals surface area contributed by atoms with Gasteiger partial charge in [0, 0.05) is 23.9 Å². The van der Waals surface area contributed by atoms with E-state index < -0.39 is 0 Å². The third-order valence-corrected chi connectivity index (χ3v) is 5.19. The van der Waals surface area contributed by atoms with Crippen LogP contribution in [0.15, 0.2) is 0 Å². The number of carbonyl (C=O) groups is 1. The lowest BCUT2D eigenvalue weighted by Crippen LogP contribution is -2.53. The molecule has 98 valence electrons. The molecular weight excluding hydrogens is 232 g/mol. The molecule has 3 nitrogen and oxygen atoms in total. The van der Waals surface area contributed by atoms with E-state index in [1.165, 1.54) is 12.8 Å². The van der Waals surface area contributed by atoms with Crippen LogP contribution in [0.3, 0.4) is 0 Å². The molecule has 1 saturated carbocycles. The van der Waals surface area contributed by atoms with Crippen LogP contribution in [0.4, 0.5) is 0 Å². The van der Waals surface area contributed by atoms with Crippen molar-refractivity contribution in [2.45, 2.75) is 56.4 Å². The van der Waals surface area contributed by atoms with Gasteiger partial charge < -0.3 is 10.2 Å². The molecule has 0 aromatic heterocycles. The number of nitrogens with one attached hydrogen (secondary N) is 1. The summed E-state index contributed by atoms with van der Waals surface area (Å²) < 4.78 is 0.398. The van der Waals surface area contributed by atoms with Crippen molar-refractivity contribution in [1.29, 1.82) is 0 Å². The Kier molecular flexibility index (Phi) is 4.03. The van der Waals surface area contributed by atoms with Crippen LogP contribution in [0, 0.1) is 0 Å². The maximum Gasteiger partial charge on any atom is 0.239 e. The maximum atomic E-state index is 12.3. The fourth-order valence-corrected chi connectivity index (χ4v) is 3.36. The Labute approximate surface area is 109 Å². The molecule has 1 unspecified atom stereocenters. The van der Waals surface area contributed by atoms with Gasteiger partial charge in [-0.25, -0.2) is 0 Å². The predicted molar refractivity (Wildman–Crippen MR) is 73.4 cm³/mol. The third-order valence-electron chi connectivity index (χ3n) is 3.78. The van der Waals surface area contributed by atoms with Crippen LogP contribution in [-0.4, -0.2) is 47.0 Å². The third kappa shape index (κ3) is 3.16. The molecule has 0 bridgehead atoms. The number of thioether (sulfide) groups is 1. The molecule has 1 N–H and O–H groups in total. The van der Waals surface area contributed by atoms with Crippen molar-refractivity contribution in [2.75, 3.05) is 19.3 Å². The highest BCUT2D eigenvalue weighted by molar-refractivity contribution is 8.00. The summed E-state index contributed by atoms with van der Waals surface area (Å²) in [7, 11) is 0. The van der Waals surface area contributed by atoms with Gasteiger partial charge in [-0.1, -0.05) is 13.8 Å². The molecule has 1 aliphatic carbocycles. The van der Waals surface area contributed by atoms with Gasteiger partial charge in [0.15, 0.2) is 0 Å². The maximum absolute atomic E-state index is 12.3. The summed E-state index contributed by atoms with van der Waals surface area (Å²) in [6, 6.07) is 0.445. The van der Waals surface area contributed by atoms with E-state index >= 15 is 0 Å². The second-order valence-electron chi connectivity index (χ2n) is 5.66. The molecule has 1 aliphatic heterocycles. The van der Waals surface area contributed by atoms with Crippen molar-refractivity contribution in [3.05, 3.63) is 0 Å². The molecule has 1 amide bonds. The van der Waals surface area contributed by atoms with Gasteiger partial charge in [0.1, 0.15) is 0 Å². The van der Waals surface area contributed by atoms with Gasteiger partial charge >= 0.3 is 0 Å². The Hall–Kier alpha value is -0.220. The van der Waals surface area contributed by atoms with Crippen LogP contribution in [0.25, 0.3) is 0 Å². The van der Waals surface area contributed by atoms with Gasteiger partial charge in [0.05, 0.1) is 6.04 Å². The van der Waals surface area contributed by atoms with E-state index in [0.717, 1.165) is 25.9 Å². The summed E-state index contributed by atoms with van der Waals surface area (Å²) in [5, 5.41) is 3.39. The van der Waals surface area contributed by atoms with Crippen molar-refractivity contribution in [3.63, 3.8) is 0 Å². The predicted octanol–water partition coefficient (Wildman–Crippen LogP) is 1.87. The van der Waals surface area contributed by atoms with E-state index in [2.05, 4.69) is 30.3 Å². The Morgan fingerprint density at radius 1 is 1.53 bits per heavy atom. The monoisotopic (exact) mass is 256 g/mol. The smallest absolute Gasteiger partial charge is 0.239 e. The average molecular weight is 256 g/mol. The molecule has 1 atom stereocenters. The molecular formula is C13H24N2OS. The van der Waals surface area contributed by atoms with Crippen molar-refractivity contribution in [1.82, 2.24) is 10.2 Å². The normalized spacial score (nSPS) is 27.6. The van der Waals surface area contributed by atoms with Gasteiger partial charge in [-0.05, 0) is 31.9 Å². The van der Waals surface area contributed by atoms with E-state index in [0.29, 0.717) is 16.7 Å². The molecule has 4 heteroatoms. The molecule has 0 spiro atoms. The average Bonchev–Trinajstić information content (AvgIpc) is 3.04. The lowest BCUT2D eigenvalue weighted by Gasteiger charge is -2.35. The summed E-state index contributed by atoms with van der Waals surface area (Å²) in [4.78, 5) is 14.4.